The fourth-order valence-electron chi connectivity index (χ4n) is 0.724. The van der Waals surface area contributed by atoms with Crippen LogP contribution in [0.3, 0.4) is 0 Å². The zero-order valence-corrected chi connectivity index (χ0v) is 5.68. The predicted molar refractivity (Wildman–Crippen MR) is 29.7 cm³/mol. The van der Waals surface area contributed by atoms with Crippen LogP contribution in [-0.2, 0) is 4.43 Å². The van der Waals surface area contributed by atoms with E-state index in [1.807, 2.05) is 0 Å². The van der Waals surface area contributed by atoms with Gasteiger partial charge in [0.25, 0.3) is 0 Å². The summed E-state index contributed by atoms with van der Waals surface area (Å²) in [5.74, 6) is 0. The Morgan fingerprint density at radius 3 is 2.86 bits per heavy atom. The molecule has 0 aromatic rings. The van der Waals surface area contributed by atoms with Crippen LogP contribution in [-0.4, -0.2) is 21.2 Å². The summed E-state index contributed by atoms with van der Waals surface area (Å²) in [4.78, 5) is 0. The minimum Gasteiger partial charge on any atom is -0.400 e. The minimum atomic E-state index is -0.402. The van der Waals surface area contributed by atoms with Crippen LogP contribution in [0.1, 0.15) is 12.8 Å². The van der Waals surface area contributed by atoms with Crippen molar-refractivity contribution in [3.05, 3.63) is 0 Å². The molecule has 0 aromatic carbocycles. The molecule has 2 nitrogen and oxygen atoms in total. The highest BCUT2D eigenvalue weighted by Crippen LogP contribution is 2.08. The van der Waals surface area contributed by atoms with Gasteiger partial charge < -0.3 is 9.53 Å². The van der Waals surface area contributed by atoms with Crippen molar-refractivity contribution in [2.45, 2.75) is 25.2 Å². The lowest BCUT2D eigenvalue weighted by Crippen LogP contribution is -2.19. The van der Waals surface area contributed by atoms with Crippen LogP contribution in [0.4, 0.5) is 0 Å². The van der Waals surface area contributed by atoms with Gasteiger partial charge in [0.1, 0.15) is 6.29 Å². The monoisotopic (exact) mass is 118 g/mol. The molecule has 0 radical (unpaired) electrons. The summed E-state index contributed by atoms with van der Waals surface area (Å²) < 4.78 is 4.97. The van der Waals surface area contributed by atoms with E-state index in [9.17, 15) is 0 Å². The summed E-state index contributed by atoms with van der Waals surface area (Å²) in [6.45, 7) is 0. The average Bonchev–Trinajstić information content (AvgIpc) is 1.69. The van der Waals surface area contributed by atoms with E-state index >= 15 is 0 Å². The van der Waals surface area contributed by atoms with Crippen molar-refractivity contribution in [2.75, 3.05) is 0 Å². The number of hydrogen-bond donors (Lipinski definition) is 1. The molecule has 3 heteroatoms. The molecule has 42 valence electrons. The van der Waals surface area contributed by atoms with Gasteiger partial charge in [-0.1, -0.05) is 0 Å². The molecule has 1 unspecified atom stereocenters. The third-order valence-electron chi connectivity index (χ3n) is 1.16. The molecule has 1 aliphatic heterocycles. The average molecular weight is 118 g/mol. The Morgan fingerprint density at radius 1 is 1.71 bits per heavy atom. The van der Waals surface area contributed by atoms with E-state index in [0.29, 0.717) is 0 Å². The topological polar surface area (TPSA) is 29.5 Å². The van der Waals surface area contributed by atoms with Crippen molar-refractivity contribution in [3.63, 3.8) is 0 Å². The van der Waals surface area contributed by atoms with Gasteiger partial charge in [-0.05, 0) is 18.9 Å². The molecule has 1 N–H and O–H groups in total. The summed E-state index contributed by atoms with van der Waals surface area (Å²) in [7, 11) is -0.289. The third kappa shape index (κ3) is 1.59. The largest absolute Gasteiger partial charge is 0.400 e. The summed E-state index contributed by atoms with van der Waals surface area (Å²) in [5.41, 5.74) is 0. The molecule has 7 heavy (non-hydrogen) atoms. The molecule has 0 spiro atoms. The van der Waals surface area contributed by atoms with E-state index in [-0.39, 0.29) is 9.76 Å². The number of aliphatic hydroxyl groups is 1. The van der Waals surface area contributed by atoms with Crippen molar-refractivity contribution >= 4 is 9.76 Å². The highest BCUT2D eigenvalue weighted by molar-refractivity contribution is 6.27. The molecular formula is C4H10O2Si. The van der Waals surface area contributed by atoms with Crippen LogP contribution in [0.25, 0.3) is 0 Å². The first-order valence-corrected chi connectivity index (χ1v) is 4.27. The molecular weight excluding hydrogens is 108 g/mol. The summed E-state index contributed by atoms with van der Waals surface area (Å²) >= 11 is 0. The molecule has 0 aliphatic carbocycles. The highest BCUT2D eigenvalue weighted by atomic mass is 28.2. The summed E-state index contributed by atoms with van der Waals surface area (Å²) in [6, 6.07) is 1.25. The second-order valence-electron chi connectivity index (χ2n) is 1.82. The zero-order chi connectivity index (χ0) is 5.11. The van der Waals surface area contributed by atoms with Crippen LogP contribution in [0.2, 0.25) is 6.04 Å². The van der Waals surface area contributed by atoms with E-state index < -0.39 is 6.29 Å². The molecule has 0 aromatic heterocycles. The van der Waals surface area contributed by atoms with E-state index in [2.05, 4.69) is 0 Å². The van der Waals surface area contributed by atoms with E-state index in [1.165, 1.54) is 12.5 Å². The molecule has 0 amide bonds. The molecule has 1 rings (SSSR count). The number of rotatable bonds is 0. The first kappa shape index (κ1) is 5.28. The highest BCUT2D eigenvalue weighted by Gasteiger charge is 2.07. The fourth-order valence-corrected chi connectivity index (χ4v) is 1.82. The second-order valence-corrected chi connectivity index (χ2v) is 3.27. The van der Waals surface area contributed by atoms with Gasteiger partial charge in [0.05, 0.1) is 0 Å². The van der Waals surface area contributed by atoms with E-state index in [1.54, 1.807) is 0 Å². The van der Waals surface area contributed by atoms with E-state index in [0.717, 1.165) is 6.42 Å². The summed E-state index contributed by atoms with van der Waals surface area (Å²) in [6.07, 6.45) is 1.63. The molecule has 1 aliphatic rings. The SMILES string of the molecule is OC1CCC[SiH2]O1. The quantitative estimate of drug-likeness (QED) is 0.439. The Hall–Kier alpha value is 0.137. The Bertz CT molecular complexity index is 51.7. The summed E-state index contributed by atoms with van der Waals surface area (Å²) in [5, 5.41) is 8.72. The molecule has 0 saturated carbocycles. The molecule has 1 atom stereocenters. The minimum absolute atomic E-state index is 0.289. The van der Waals surface area contributed by atoms with Crippen molar-refractivity contribution in [1.29, 1.82) is 0 Å². The normalized spacial score (nSPS) is 36.4. The van der Waals surface area contributed by atoms with E-state index in [4.69, 9.17) is 9.53 Å². The van der Waals surface area contributed by atoms with Crippen molar-refractivity contribution < 1.29 is 9.53 Å². The lowest BCUT2D eigenvalue weighted by atomic mass is 10.3. The second kappa shape index (κ2) is 2.45. The lowest BCUT2D eigenvalue weighted by Gasteiger charge is -2.16. The molecule has 1 fully saturated rings. The van der Waals surface area contributed by atoms with Gasteiger partial charge in [-0.2, -0.15) is 0 Å². The molecule has 1 saturated heterocycles. The van der Waals surface area contributed by atoms with Gasteiger partial charge >= 0.3 is 0 Å². The van der Waals surface area contributed by atoms with Crippen molar-refractivity contribution in [1.82, 2.24) is 0 Å². The van der Waals surface area contributed by atoms with Gasteiger partial charge in [-0.15, -0.1) is 0 Å². The fraction of sp³-hybridized carbons (Fsp3) is 1.00. The van der Waals surface area contributed by atoms with Gasteiger partial charge in [-0.3, -0.25) is 0 Å². The van der Waals surface area contributed by atoms with Crippen LogP contribution in [0.5, 0.6) is 0 Å². The molecule has 1 heterocycles. The van der Waals surface area contributed by atoms with Crippen LogP contribution >= 0.6 is 0 Å². The zero-order valence-electron chi connectivity index (χ0n) is 4.26. The first-order valence-electron chi connectivity index (χ1n) is 2.69. The Morgan fingerprint density at radius 2 is 2.57 bits per heavy atom. The van der Waals surface area contributed by atoms with Crippen LogP contribution in [0.15, 0.2) is 0 Å². The van der Waals surface area contributed by atoms with Crippen molar-refractivity contribution in [3.8, 4) is 0 Å². The Kier molecular flexibility index (Phi) is 1.84. The van der Waals surface area contributed by atoms with Gasteiger partial charge in [0.2, 0.25) is 0 Å². The smallest absolute Gasteiger partial charge is 0.165 e. The van der Waals surface area contributed by atoms with Crippen LogP contribution < -0.4 is 0 Å². The Labute approximate surface area is 45.4 Å². The van der Waals surface area contributed by atoms with Crippen molar-refractivity contribution in [2.24, 2.45) is 0 Å². The third-order valence-corrected chi connectivity index (χ3v) is 2.56. The lowest BCUT2D eigenvalue weighted by molar-refractivity contribution is -0.0302. The Balaban J connectivity index is 2.12. The number of hydrogen-bond acceptors (Lipinski definition) is 2. The molecule has 0 bridgehead atoms. The van der Waals surface area contributed by atoms with Gasteiger partial charge in [0, 0.05) is 0 Å². The maximum Gasteiger partial charge on any atom is 0.165 e. The maximum absolute atomic E-state index is 8.72. The standard InChI is InChI=1S/C4H10O2Si/c5-4-2-1-3-7-6-4/h4-5H,1-3,7H2. The van der Waals surface area contributed by atoms with Gasteiger partial charge in [0.15, 0.2) is 9.76 Å². The number of aliphatic hydroxyl groups excluding tert-OH is 1. The predicted octanol–water partition coefficient (Wildman–Crippen LogP) is -0.383. The van der Waals surface area contributed by atoms with Crippen LogP contribution in [0, 0.1) is 0 Å². The van der Waals surface area contributed by atoms with Gasteiger partial charge in [-0.25, -0.2) is 0 Å². The maximum atomic E-state index is 8.72. The first-order chi connectivity index (χ1) is 3.39.